The van der Waals surface area contributed by atoms with E-state index in [9.17, 15) is 4.79 Å². The Balaban J connectivity index is 2.08. The van der Waals surface area contributed by atoms with E-state index >= 15 is 0 Å². The number of benzene rings is 1. The molecule has 3 rings (SSSR count). The van der Waals surface area contributed by atoms with Crippen LogP contribution in [-0.2, 0) is 0 Å². The Morgan fingerprint density at radius 1 is 1.24 bits per heavy atom. The summed E-state index contributed by atoms with van der Waals surface area (Å²) in [5.41, 5.74) is 2.13. The zero-order valence-electron chi connectivity index (χ0n) is 12.1. The largest absolute Gasteiger partial charge is 0.493 e. The van der Waals surface area contributed by atoms with Crippen LogP contribution in [0.25, 0.3) is 5.69 Å². The summed E-state index contributed by atoms with van der Waals surface area (Å²) in [7, 11) is 3.18. The van der Waals surface area contributed by atoms with E-state index in [0.29, 0.717) is 23.1 Å². The van der Waals surface area contributed by atoms with Crippen molar-refractivity contribution in [2.24, 2.45) is 0 Å². The number of aromatic nitrogens is 3. The van der Waals surface area contributed by atoms with E-state index in [4.69, 9.17) is 9.47 Å². The van der Waals surface area contributed by atoms with E-state index in [1.165, 1.54) is 6.42 Å². The van der Waals surface area contributed by atoms with E-state index in [0.717, 1.165) is 30.5 Å². The Kier molecular flexibility index (Phi) is 3.60. The first kappa shape index (κ1) is 13.6. The molecule has 1 aromatic heterocycles. The van der Waals surface area contributed by atoms with Crippen LogP contribution in [0.1, 0.15) is 41.4 Å². The second kappa shape index (κ2) is 5.55. The highest BCUT2D eigenvalue weighted by atomic mass is 16.5. The van der Waals surface area contributed by atoms with Gasteiger partial charge in [-0.25, -0.2) is 4.68 Å². The number of carbonyl (C=O) groups is 1. The molecule has 0 amide bonds. The third kappa shape index (κ3) is 2.26. The number of hydrogen-bond acceptors (Lipinski definition) is 5. The van der Waals surface area contributed by atoms with Crippen molar-refractivity contribution in [1.82, 2.24) is 15.0 Å². The lowest BCUT2D eigenvalue weighted by Gasteiger charge is -2.26. The van der Waals surface area contributed by atoms with Crippen LogP contribution in [0.15, 0.2) is 18.2 Å². The average Bonchev–Trinajstić information content (AvgIpc) is 2.88. The smallest absolute Gasteiger partial charge is 0.172 e. The van der Waals surface area contributed by atoms with Crippen LogP contribution in [0.5, 0.6) is 11.5 Å². The number of aldehydes is 1. The van der Waals surface area contributed by atoms with Crippen molar-refractivity contribution in [2.45, 2.75) is 25.2 Å². The lowest BCUT2D eigenvalue weighted by Crippen LogP contribution is -2.16. The molecule has 0 saturated heterocycles. The first-order valence-corrected chi connectivity index (χ1v) is 6.91. The quantitative estimate of drug-likeness (QED) is 0.790. The summed E-state index contributed by atoms with van der Waals surface area (Å²) in [5, 5.41) is 8.11. The van der Waals surface area contributed by atoms with E-state index in [1.54, 1.807) is 18.9 Å². The Morgan fingerprint density at radius 3 is 2.57 bits per heavy atom. The molecule has 0 spiro atoms. The van der Waals surface area contributed by atoms with Gasteiger partial charge in [0.2, 0.25) is 0 Å². The van der Waals surface area contributed by atoms with E-state index < -0.39 is 0 Å². The molecule has 1 aliphatic carbocycles. The van der Waals surface area contributed by atoms with E-state index in [1.807, 2.05) is 18.2 Å². The third-order valence-corrected chi connectivity index (χ3v) is 3.95. The maximum atomic E-state index is 11.2. The van der Waals surface area contributed by atoms with Crippen molar-refractivity contribution in [3.05, 3.63) is 29.6 Å². The number of rotatable bonds is 5. The molecule has 2 aromatic rings. The molecule has 21 heavy (non-hydrogen) atoms. The van der Waals surface area contributed by atoms with Gasteiger partial charge in [-0.3, -0.25) is 4.79 Å². The van der Waals surface area contributed by atoms with Crippen molar-refractivity contribution in [3.63, 3.8) is 0 Å². The van der Waals surface area contributed by atoms with E-state index in [2.05, 4.69) is 10.3 Å². The molecule has 1 aromatic carbocycles. The van der Waals surface area contributed by atoms with Gasteiger partial charge in [0.05, 0.1) is 25.6 Å². The topological polar surface area (TPSA) is 66.2 Å². The zero-order chi connectivity index (χ0) is 14.8. The van der Waals surface area contributed by atoms with Crippen LogP contribution >= 0.6 is 0 Å². The predicted octanol–water partition coefficient (Wildman–Crippen LogP) is 2.36. The average molecular weight is 287 g/mol. The first-order valence-electron chi connectivity index (χ1n) is 6.91. The highest BCUT2D eigenvalue weighted by Crippen LogP contribution is 2.38. The molecule has 0 N–H and O–H groups in total. The summed E-state index contributed by atoms with van der Waals surface area (Å²) < 4.78 is 12.3. The van der Waals surface area contributed by atoms with E-state index in [-0.39, 0.29) is 0 Å². The van der Waals surface area contributed by atoms with Gasteiger partial charge in [-0.15, -0.1) is 5.10 Å². The molecule has 0 bridgehead atoms. The molecule has 1 saturated carbocycles. The molecule has 1 fully saturated rings. The number of carbonyl (C=O) groups excluding carboxylic acids is 1. The standard InChI is InChI=1S/C15H17N3O3/c1-20-13-7-6-11(8-14(13)21-2)18-15(10-4-3-5-10)12(9-19)16-17-18/h6-10H,3-5H2,1-2H3. The number of methoxy groups -OCH3 is 2. The molecule has 1 aliphatic rings. The fourth-order valence-electron chi connectivity index (χ4n) is 2.60. The summed E-state index contributed by atoms with van der Waals surface area (Å²) in [5.74, 6) is 1.63. The summed E-state index contributed by atoms with van der Waals surface area (Å²) in [4.78, 5) is 11.2. The number of ether oxygens (including phenoxy) is 2. The molecule has 6 heteroatoms. The van der Waals surface area contributed by atoms with Crippen LogP contribution in [-0.4, -0.2) is 35.5 Å². The van der Waals surface area contributed by atoms with Crippen molar-refractivity contribution in [2.75, 3.05) is 14.2 Å². The van der Waals surface area contributed by atoms with Gasteiger partial charge in [-0.05, 0) is 25.0 Å². The molecule has 1 heterocycles. The van der Waals surface area contributed by atoms with Gasteiger partial charge in [-0.2, -0.15) is 0 Å². The number of hydrogen-bond donors (Lipinski definition) is 0. The molecular formula is C15H17N3O3. The Morgan fingerprint density at radius 2 is 2.00 bits per heavy atom. The molecule has 110 valence electrons. The normalized spacial score (nSPS) is 14.6. The highest BCUT2D eigenvalue weighted by Gasteiger charge is 2.28. The van der Waals surface area contributed by atoms with Crippen LogP contribution < -0.4 is 9.47 Å². The van der Waals surface area contributed by atoms with Gasteiger partial charge in [0, 0.05) is 12.0 Å². The van der Waals surface area contributed by atoms with Crippen LogP contribution in [0.2, 0.25) is 0 Å². The molecule has 0 unspecified atom stereocenters. The van der Waals surface area contributed by atoms with Crippen molar-refractivity contribution >= 4 is 6.29 Å². The summed E-state index contributed by atoms with van der Waals surface area (Å²) in [6.07, 6.45) is 4.10. The third-order valence-electron chi connectivity index (χ3n) is 3.95. The van der Waals surface area contributed by atoms with Crippen molar-refractivity contribution < 1.29 is 14.3 Å². The molecule has 0 radical (unpaired) electrons. The minimum atomic E-state index is 0.355. The Labute approximate surface area is 122 Å². The minimum Gasteiger partial charge on any atom is -0.493 e. The van der Waals surface area contributed by atoms with Crippen LogP contribution in [0, 0.1) is 0 Å². The second-order valence-electron chi connectivity index (χ2n) is 5.06. The van der Waals surface area contributed by atoms with Gasteiger partial charge >= 0.3 is 0 Å². The van der Waals surface area contributed by atoms with Gasteiger partial charge in [0.15, 0.2) is 17.8 Å². The lowest BCUT2D eigenvalue weighted by molar-refractivity contribution is 0.111. The Hall–Kier alpha value is -2.37. The van der Waals surface area contributed by atoms with Crippen molar-refractivity contribution in [3.8, 4) is 17.2 Å². The Bertz CT molecular complexity index is 662. The summed E-state index contributed by atoms with van der Waals surface area (Å²) >= 11 is 0. The van der Waals surface area contributed by atoms with Crippen LogP contribution in [0.4, 0.5) is 0 Å². The molecule has 6 nitrogen and oxygen atoms in total. The second-order valence-corrected chi connectivity index (χ2v) is 5.06. The number of nitrogens with zero attached hydrogens (tertiary/aromatic N) is 3. The van der Waals surface area contributed by atoms with Gasteiger partial charge in [-0.1, -0.05) is 11.6 Å². The maximum Gasteiger partial charge on any atom is 0.172 e. The van der Waals surface area contributed by atoms with Gasteiger partial charge < -0.3 is 9.47 Å². The summed E-state index contributed by atoms with van der Waals surface area (Å²) in [6, 6.07) is 5.54. The molecule has 0 atom stereocenters. The van der Waals surface area contributed by atoms with Crippen molar-refractivity contribution in [1.29, 1.82) is 0 Å². The zero-order valence-corrected chi connectivity index (χ0v) is 12.1. The fourth-order valence-corrected chi connectivity index (χ4v) is 2.60. The lowest BCUT2D eigenvalue weighted by atomic mass is 9.82. The minimum absolute atomic E-state index is 0.355. The van der Waals surface area contributed by atoms with Gasteiger partial charge in [0.25, 0.3) is 0 Å². The highest BCUT2D eigenvalue weighted by molar-refractivity contribution is 5.74. The first-order chi connectivity index (χ1) is 10.3. The molecule has 0 aliphatic heterocycles. The fraction of sp³-hybridized carbons (Fsp3) is 0.400. The SMILES string of the molecule is COc1ccc(-n2nnc(C=O)c2C2CCC2)cc1OC. The van der Waals surface area contributed by atoms with Crippen LogP contribution in [0.3, 0.4) is 0 Å². The molecular weight excluding hydrogens is 270 g/mol. The van der Waals surface area contributed by atoms with Gasteiger partial charge in [0.1, 0.15) is 5.69 Å². The monoisotopic (exact) mass is 287 g/mol. The predicted molar refractivity (Wildman–Crippen MR) is 76.4 cm³/mol. The summed E-state index contributed by atoms with van der Waals surface area (Å²) in [6.45, 7) is 0. The maximum absolute atomic E-state index is 11.2.